The second-order valence-corrected chi connectivity index (χ2v) is 9.13. The monoisotopic (exact) mass is 457 g/mol. The molecule has 33 heavy (non-hydrogen) atoms. The van der Waals surface area contributed by atoms with E-state index in [1.807, 2.05) is 49.0 Å². The number of likely N-dealkylation sites (tertiary alicyclic amines) is 1. The van der Waals surface area contributed by atoms with E-state index < -0.39 is 12.1 Å². The van der Waals surface area contributed by atoms with Crippen molar-refractivity contribution in [3.8, 4) is 11.3 Å². The van der Waals surface area contributed by atoms with Crippen molar-refractivity contribution in [2.24, 2.45) is 18.4 Å². The van der Waals surface area contributed by atoms with Gasteiger partial charge in [0.15, 0.2) is 0 Å². The zero-order chi connectivity index (χ0) is 23.5. The molecular weight excluding hydrogens is 435 g/mol. The first-order valence-corrected chi connectivity index (χ1v) is 10.6. The van der Waals surface area contributed by atoms with Gasteiger partial charge < -0.3 is 14.8 Å². The van der Waals surface area contributed by atoms with Crippen molar-refractivity contribution >= 4 is 28.4 Å². The number of halogens is 3. The molecule has 7 nitrogen and oxygen atoms in total. The number of nitrogens with zero attached hydrogens (tertiary/aromatic N) is 4. The molecule has 1 aromatic carbocycles. The number of aryl methyl sites for hydroxylation is 1. The molecule has 2 aromatic heterocycles. The van der Waals surface area contributed by atoms with E-state index in [2.05, 4.69) is 15.3 Å². The Bertz CT molecular complexity index is 1270. The normalized spacial score (nSPS) is 17.7. The summed E-state index contributed by atoms with van der Waals surface area (Å²) < 4.78 is 39.6. The number of carbonyl (C=O) groups excluding carboxylic acids is 2. The van der Waals surface area contributed by atoms with Gasteiger partial charge in [-0.05, 0) is 37.3 Å². The van der Waals surface area contributed by atoms with Crippen molar-refractivity contribution in [3.63, 3.8) is 0 Å². The highest BCUT2D eigenvalue weighted by atomic mass is 19.4. The quantitative estimate of drug-likeness (QED) is 0.651. The second kappa shape index (κ2) is 7.29. The third-order valence-electron chi connectivity index (χ3n) is 6.80. The highest BCUT2D eigenvalue weighted by Crippen LogP contribution is 2.52. The first-order chi connectivity index (χ1) is 15.5. The summed E-state index contributed by atoms with van der Waals surface area (Å²) in [6.45, 7) is 2.04. The van der Waals surface area contributed by atoms with E-state index in [-0.39, 0.29) is 30.3 Å². The number of aromatic nitrogens is 3. The molecule has 3 heterocycles. The zero-order valence-electron chi connectivity index (χ0n) is 18.1. The molecule has 3 aromatic rings. The molecule has 1 aliphatic carbocycles. The maximum atomic E-state index is 12.6. The summed E-state index contributed by atoms with van der Waals surface area (Å²) in [6, 6.07) is 7.79. The maximum absolute atomic E-state index is 12.6. The minimum absolute atomic E-state index is 0.0552. The van der Waals surface area contributed by atoms with Crippen LogP contribution in [-0.2, 0) is 16.6 Å². The topological polar surface area (TPSA) is 80.1 Å². The number of fused-ring (bicyclic) bond motifs is 1. The summed E-state index contributed by atoms with van der Waals surface area (Å²) in [4.78, 5) is 33.4. The van der Waals surface area contributed by atoms with Crippen LogP contribution >= 0.6 is 0 Å². The Kier molecular flexibility index (Phi) is 4.73. The van der Waals surface area contributed by atoms with E-state index in [1.165, 1.54) is 0 Å². The lowest BCUT2D eigenvalue weighted by Crippen LogP contribution is -2.66. The Morgan fingerprint density at radius 2 is 1.82 bits per heavy atom. The average molecular weight is 457 g/mol. The van der Waals surface area contributed by atoms with Crippen LogP contribution in [0.2, 0.25) is 0 Å². The average Bonchev–Trinajstić information content (AvgIpc) is 3.03. The van der Waals surface area contributed by atoms with Gasteiger partial charge in [0, 0.05) is 48.6 Å². The van der Waals surface area contributed by atoms with E-state index in [1.54, 1.807) is 6.20 Å². The van der Waals surface area contributed by atoms with Crippen LogP contribution in [-0.4, -0.2) is 50.5 Å². The van der Waals surface area contributed by atoms with Crippen molar-refractivity contribution in [3.05, 3.63) is 42.5 Å². The van der Waals surface area contributed by atoms with Crippen LogP contribution in [0.5, 0.6) is 0 Å². The first kappa shape index (κ1) is 21.4. The van der Waals surface area contributed by atoms with Crippen molar-refractivity contribution in [1.82, 2.24) is 19.4 Å². The lowest BCUT2D eigenvalue weighted by molar-refractivity contribution is -0.203. The fourth-order valence-corrected chi connectivity index (χ4v) is 4.88. The van der Waals surface area contributed by atoms with Gasteiger partial charge in [-0.3, -0.25) is 9.59 Å². The number of rotatable bonds is 3. The smallest absolute Gasteiger partial charge is 0.334 e. The van der Waals surface area contributed by atoms with Crippen LogP contribution in [0.3, 0.4) is 0 Å². The van der Waals surface area contributed by atoms with Crippen molar-refractivity contribution in [2.45, 2.75) is 25.9 Å². The molecule has 5 rings (SSSR count). The maximum Gasteiger partial charge on any atom is 0.471 e. The molecule has 1 N–H and O–H groups in total. The number of anilines is 1. The standard InChI is InChI=1S/C23H22F3N5O2/c1-13-27-10-18(30(13)2)14-3-4-15-9-28-19(6-16(15)5-14)29-20(32)17-7-22(8-17)11-31(12-22)21(33)23(24,25)26/h3-6,9-10,17H,7-8,11-12H2,1-2H3,(H,28,29,32). The Hall–Kier alpha value is -3.43. The number of imidazole rings is 1. The zero-order valence-corrected chi connectivity index (χ0v) is 18.1. The largest absolute Gasteiger partial charge is 0.471 e. The van der Waals surface area contributed by atoms with Crippen molar-refractivity contribution in [2.75, 3.05) is 18.4 Å². The molecule has 0 radical (unpaired) electrons. The number of nitrogens with one attached hydrogen (secondary N) is 1. The van der Waals surface area contributed by atoms with Gasteiger partial charge in [0.2, 0.25) is 5.91 Å². The minimum Gasteiger partial charge on any atom is -0.334 e. The third-order valence-corrected chi connectivity index (χ3v) is 6.80. The summed E-state index contributed by atoms with van der Waals surface area (Å²) in [5.74, 6) is -0.972. The Morgan fingerprint density at radius 1 is 1.09 bits per heavy atom. The van der Waals surface area contributed by atoms with Crippen LogP contribution in [0.15, 0.2) is 36.7 Å². The molecule has 0 unspecified atom stereocenters. The summed E-state index contributed by atoms with van der Waals surface area (Å²) in [5.41, 5.74) is 1.61. The molecule has 2 amide bonds. The molecule has 1 saturated carbocycles. The predicted molar refractivity (Wildman–Crippen MR) is 115 cm³/mol. The van der Waals surface area contributed by atoms with E-state index >= 15 is 0 Å². The lowest BCUT2D eigenvalue weighted by atomic mass is 9.57. The number of carbonyl (C=O) groups is 2. The predicted octanol–water partition coefficient (Wildman–Crippen LogP) is 3.68. The highest BCUT2D eigenvalue weighted by Gasteiger charge is 2.58. The van der Waals surface area contributed by atoms with Gasteiger partial charge in [0.1, 0.15) is 11.6 Å². The lowest BCUT2D eigenvalue weighted by Gasteiger charge is -2.58. The van der Waals surface area contributed by atoms with Crippen molar-refractivity contribution in [1.29, 1.82) is 0 Å². The Balaban J connectivity index is 1.23. The van der Waals surface area contributed by atoms with E-state index in [0.717, 1.165) is 32.8 Å². The molecule has 10 heteroatoms. The Morgan fingerprint density at radius 3 is 2.45 bits per heavy atom. The van der Waals surface area contributed by atoms with Crippen molar-refractivity contribution < 1.29 is 22.8 Å². The summed E-state index contributed by atoms with van der Waals surface area (Å²) in [7, 11) is 1.95. The molecule has 0 atom stereocenters. The minimum atomic E-state index is -4.85. The van der Waals surface area contributed by atoms with Crippen LogP contribution in [0.1, 0.15) is 18.7 Å². The van der Waals surface area contributed by atoms with Gasteiger partial charge in [0.05, 0.1) is 11.9 Å². The fourth-order valence-electron chi connectivity index (χ4n) is 4.88. The van der Waals surface area contributed by atoms with Gasteiger partial charge in [-0.15, -0.1) is 0 Å². The van der Waals surface area contributed by atoms with Gasteiger partial charge in [-0.1, -0.05) is 12.1 Å². The number of amides is 2. The number of benzene rings is 1. The van der Waals surface area contributed by atoms with Crippen LogP contribution in [0, 0.1) is 18.3 Å². The Labute approximate surface area is 187 Å². The SMILES string of the molecule is Cc1ncc(-c2ccc3cnc(NC(=O)C4CC5(C4)CN(C(=O)C(F)(F)F)C5)cc3c2)n1C. The van der Waals surface area contributed by atoms with Gasteiger partial charge >= 0.3 is 12.1 Å². The molecule has 2 fully saturated rings. The summed E-state index contributed by atoms with van der Waals surface area (Å²) in [6.07, 6.45) is -0.399. The molecule has 2 aliphatic rings. The number of hydrogen-bond donors (Lipinski definition) is 1. The number of hydrogen-bond acceptors (Lipinski definition) is 4. The summed E-state index contributed by atoms with van der Waals surface area (Å²) in [5, 5.41) is 4.68. The van der Waals surface area contributed by atoms with E-state index in [0.29, 0.717) is 18.7 Å². The first-order valence-electron chi connectivity index (χ1n) is 10.6. The number of alkyl halides is 3. The molecule has 172 valence electrons. The molecule has 0 bridgehead atoms. The highest BCUT2D eigenvalue weighted by molar-refractivity contribution is 5.95. The molecule has 1 saturated heterocycles. The molecular formula is C23H22F3N5O2. The van der Waals surface area contributed by atoms with E-state index in [9.17, 15) is 22.8 Å². The van der Waals surface area contributed by atoms with Gasteiger partial charge in [-0.2, -0.15) is 13.2 Å². The van der Waals surface area contributed by atoms with E-state index in [4.69, 9.17) is 0 Å². The van der Waals surface area contributed by atoms with Crippen LogP contribution in [0.4, 0.5) is 19.0 Å². The second-order valence-electron chi connectivity index (χ2n) is 9.13. The summed E-state index contributed by atoms with van der Waals surface area (Å²) >= 11 is 0. The van der Waals surface area contributed by atoms with Crippen LogP contribution < -0.4 is 5.32 Å². The molecule has 1 aliphatic heterocycles. The number of pyridine rings is 1. The third kappa shape index (κ3) is 3.73. The fraction of sp³-hybridized carbons (Fsp3) is 0.391. The van der Waals surface area contributed by atoms with Gasteiger partial charge in [0.25, 0.3) is 0 Å². The van der Waals surface area contributed by atoms with Gasteiger partial charge in [-0.25, -0.2) is 9.97 Å². The molecule has 1 spiro atoms. The van der Waals surface area contributed by atoms with Crippen LogP contribution in [0.25, 0.3) is 22.0 Å².